The highest BCUT2D eigenvalue weighted by molar-refractivity contribution is 7.87. The van der Waals surface area contributed by atoms with E-state index in [2.05, 4.69) is 34.0 Å². The van der Waals surface area contributed by atoms with E-state index in [-0.39, 0.29) is 5.54 Å². The van der Waals surface area contributed by atoms with Gasteiger partial charge in [-0.1, -0.05) is 31.2 Å². The van der Waals surface area contributed by atoms with Crippen LogP contribution in [0.15, 0.2) is 42.7 Å². The normalized spacial score (nSPS) is 31.0. The average Bonchev–Trinajstić information content (AvgIpc) is 3.08. The molecule has 1 N–H and O–H groups in total. The van der Waals surface area contributed by atoms with Gasteiger partial charge < -0.3 is 0 Å². The Morgan fingerprint density at radius 3 is 2.64 bits per heavy atom. The molecule has 2 aliphatic carbocycles. The van der Waals surface area contributed by atoms with Gasteiger partial charge in [0.2, 0.25) is 0 Å². The van der Waals surface area contributed by atoms with E-state index < -0.39 is 10.2 Å². The maximum Gasteiger partial charge on any atom is 0.280 e. The lowest BCUT2D eigenvalue weighted by Gasteiger charge is -2.33. The fourth-order valence-corrected chi connectivity index (χ4v) is 7.48. The van der Waals surface area contributed by atoms with Crippen LogP contribution in [0.2, 0.25) is 0 Å². The molecule has 3 atom stereocenters. The predicted octanol–water partition coefficient (Wildman–Crippen LogP) is 3.17. The van der Waals surface area contributed by atoms with Gasteiger partial charge in [0, 0.05) is 25.5 Å². The Labute approximate surface area is 167 Å². The molecule has 1 aromatic heterocycles. The lowest BCUT2D eigenvalue weighted by molar-refractivity contribution is 0.213. The van der Waals surface area contributed by atoms with Crippen molar-refractivity contribution < 1.29 is 8.42 Å². The third-order valence-electron chi connectivity index (χ3n) is 7.02. The molecule has 1 saturated heterocycles. The van der Waals surface area contributed by atoms with Gasteiger partial charge in [-0.2, -0.15) is 17.4 Å². The van der Waals surface area contributed by atoms with Gasteiger partial charge >= 0.3 is 0 Å². The molecule has 6 heteroatoms. The van der Waals surface area contributed by atoms with Gasteiger partial charge in [0.1, 0.15) is 0 Å². The first-order valence-corrected chi connectivity index (χ1v) is 11.8. The van der Waals surface area contributed by atoms with Crippen LogP contribution in [-0.2, 0) is 23.1 Å². The largest absolute Gasteiger partial charge is 0.280 e. The molecule has 1 saturated carbocycles. The summed E-state index contributed by atoms with van der Waals surface area (Å²) in [5, 5.41) is 0. The van der Waals surface area contributed by atoms with Crippen molar-refractivity contribution in [3.8, 4) is 11.1 Å². The first kappa shape index (κ1) is 18.3. The average molecular weight is 398 g/mol. The Morgan fingerprint density at radius 1 is 1.14 bits per heavy atom. The van der Waals surface area contributed by atoms with E-state index in [9.17, 15) is 8.42 Å². The molecule has 1 spiro atoms. The topological polar surface area (TPSA) is 62.3 Å². The Hall–Kier alpha value is -1.76. The lowest BCUT2D eigenvalue weighted by atomic mass is 9.79. The molecule has 2 fully saturated rings. The standard InChI is InChI=1S/C22H27N3O2S/c1-2-10-25-15-22(24-28(25,26)27)20-7-8-21(22)13-19-11-16(5-6-17(19)12-20)18-4-3-9-23-14-18/h3-6,9,11,14,20-21,24H,2,7-8,10,12-13,15H2,1H3/t20-,21+,22+/m0/s1. The Bertz CT molecular complexity index is 992. The highest BCUT2D eigenvalue weighted by Crippen LogP contribution is 2.50. The highest BCUT2D eigenvalue weighted by atomic mass is 32.2. The molecule has 0 radical (unpaired) electrons. The summed E-state index contributed by atoms with van der Waals surface area (Å²) >= 11 is 0. The van der Waals surface area contributed by atoms with Gasteiger partial charge in [-0.05, 0) is 72.3 Å². The first-order chi connectivity index (χ1) is 13.5. The summed E-state index contributed by atoms with van der Waals surface area (Å²) in [5.74, 6) is 0.735. The molecule has 2 bridgehead atoms. The fourth-order valence-electron chi connectivity index (χ4n) is 5.67. The van der Waals surface area contributed by atoms with Gasteiger partial charge in [0.25, 0.3) is 10.2 Å². The number of pyridine rings is 1. The quantitative estimate of drug-likeness (QED) is 0.865. The summed E-state index contributed by atoms with van der Waals surface area (Å²) in [5.41, 5.74) is 4.78. The lowest BCUT2D eigenvalue weighted by Crippen LogP contribution is -2.52. The maximum absolute atomic E-state index is 12.8. The first-order valence-electron chi connectivity index (χ1n) is 10.3. The summed E-state index contributed by atoms with van der Waals surface area (Å²) in [7, 11) is -3.36. The van der Waals surface area contributed by atoms with Crippen molar-refractivity contribution in [2.24, 2.45) is 11.8 Å². The molecule has 1 aliphatic heterocycles. The van der Waals surface area contributed by atoms with Crippen molar-refractivity contribution in [3.63, 3.8) is 0 Å². The van der Waals surface area contributed by atoms with Crippen molar-refractivity contribution in [3.05, 3.63) is 53.9 Å². The monoisotopic (exact) mass is 397 g/mol. The Morgan fingerprint density at radius 2 is 1.93 bits per heavy atom. The van der Waals surface area contributed by atoms with Gasteiger partial charge in [0.15, 0.2) is 0 Å². The van der Waals surface area contributed by atoms with Crippen molar-refractivity contribution >= 4 is 10.2 Å². The van der Waals surface area contributed by atoms with Crippen LogP contribution in [0.3, 0.4) is 0 Å². The van der Waals surface area contributed by atoms with Crippen LogP contribution < -0.4 is 4.72 Å². The van der Waals surface area contributed by atoms with Crippen molar-refractivity contribution in [1.82, 2.24) is 14.0 Å². The third kappa shape index (κ3) is 2.81. The summed E-state index contributed by atoms with van der Waals surface area (Å²) in [4.78, 5) is 4.25. The second kappa shape index (κ2) is 6.65. The minimum atomic E-state index is -3.36. The highest BCUT2D eigenvalue weighted by Gasteiger charge is 2.59. The number of hydrogen-bond donors (Lipinski definition) is 1. The van der Waals surface area contributed by atoms with E-state index in [1.165, 1.54) is 16.7 Å². The van der Waals surface area contributed by atoms with E-state index in [1.807, 2.05) is 19.2 Å². The van der Waals surface area contributed by atoms with Crippen LogP contribution in [0.4, 0.5) is 0 Å². The van der Waals surface area contributed by atoms with Gasteiger partial charge in [-0.15, -0.1) is 0 Å². The summed E-state index contributed by atoms with van der Waals surface area (Å²) in [6, 6.07) is 10.8. The Kier molecular flexibility index (Phi) is 4.34. The summed E-state index contributed by atoms with van der Waals surface area (Å²) in [6.45, 7) is 3.27. The summed E-state index contributed by atoms with van der Waals surface area (Å²) < 4.78 is 30.4. The SMILES string of the molecule is CCCN1C[C@]2(NS1(=O)=O)[C@@H]1CC[C@H]2Cc2ccc(-c3cccnc3)cc2C1. The van der Waals surface area contributed by atoms with Crippen LogP contribution >= 0.6 is 0 Å². The molecule has 1 aromatic carbocycles. The number of hydrogen-bond acceptors (Lipinski definition) is 3. The zero-order valence-corrected chi connectivity index (χ0v) is 17.1. The molecular formula is C22H27N3O2S. The zero-order valence-electron chi connectivity index (χ0n) is 16.3. The van der Waals surface area contributed by atoms with E-state index in [0.29, 0.717) is 24.9 Å². The molecule has 0 amide bonds. The summed E-state index contributed by atoms with van der Waals surface area (Å²) in [6.07, 6.45) is 8.66. The van der Waals surface area contributed by atoms with Crippen LogP contribution in [0.5, 0.6) is 0 Å². The molecule has 5 nitrogen and oxygen atoms in total. The smallest absolute Gasteiger partial charge is 0.264 e. The zero-order chi connectivity index (χ0) is 19.4. The van der Waals surface area contributed by atoms with Crippen LogP contribution in [0, 0.1) is 11.8 Å². The van der Waals surface area contributed by atoms with E-state index in [4.69, 9.17) is 0 Å². The maximum atomic E-state index is 12.8. The van der Waals surface area contributed by atoms with E-state index in [0.717, 1.165) is 37.7 Å². The number of fused-ring (bicyclic) bond motifs is 1. The molecule has 2 heterocycles. The van der Waals surface area contributed by atoms with E-state index >= 15 is 0 Å². The minimum absolute atomic E-state index is 0.304. The fraction of sp³-hybridized carbons (Fsp3) is 0.500. The van der Waals surface area contributed by atoms with Gasteiger partial charge in [0.05, 0.1) is 5.54 Å². The number of benzene rings is 1. The number of rotatable bonds is 3. The molecular weight excluding hydrogens is 370 g/mol. The van der Waals surface area contributed by atoms with Crippen molar-refractivity contribution in [2.45, 2.75) is 44.6 Å². The number of nitrogens with one attached hydrogen (secondary N) is 1. The Balaban J connectivity index is 1.50. The predicted molar refractivity (Wildman–Crippen MR) is 110 cm³/mol. The molecule has 2 aromatic rings. The van der Waals surface area contributed by atoms with Gasteiger partial charge in [-0.25, -0.2) is 0 Å². The molecule has 28 heavy (non-hydrogen) atoms. The van der Waals surface area contributed by atoms with Gasteiger partial charge in [-0.3, -0.25) is 4.98 Å². The molecule has 5 rings (SSSR count). The van der Waals surface area contributed by atoms with Crippen molar-refractivity contribution in [2.75, 3.05) is 13.1 Å². The van der Waals surface area contributed by atoms with Crippen LogP contribution in [0.1, 0.15) is 37.3 Å². The second-order valence-electron chi connectivity index (χ2n) is 8.59. The molecule has 0 unspecified atom stereocenters. The minimum Gasteiger partial charge on any atom is -0.264 e. The third-order valence-corrected chi connectivity index (χ3v) is 8.65. The van der Waals surface area contributed by atoms with Crippen LogP contribution in [0.25, 0.3) is 11.1 Å². The number of aromatic nitrogens is 1. The van der Waals surface area contributed by atoms with Crippen LogP contribution in [-0.4, -0.2) is 36.3 Å². The second-order valence-corrected chi connectivity index (χ2v) is 10.3. The van der Waals surface area contributed by atoms with E-state index in [1.54, 1.807) is 10.5 Å². The van der Waals surface area contributed by atoms with Crippen molar-refractivity contribution in [1.29, 1.82) is 0 Å². The molecule has 148 valence electrons. The molecule has 3 aliphatic rings. The number of nitrogens with zero attached hydrogens (tertiary/aromatic N) is 2.